The minimum absolute atomic E-state index is 1.12. The summed E-state index contributed by atoms with van der Waals surface area (Å²) in [5, 5.41) is 3.16. The lowest BCUT2D eigenvalue weighted by Gasteiger charge is -2.01. The van der Waals surface area contributed by atoms with Crippen molar-refractivity contribution in [3.63, 3.8) is 0 Å². The molecule has 1 N–H and O–H groups in total. The zero-order valence-electron chi connectivity index (χ0n) is 9.14. The predicted molar refractivity (Wildman–Crippen MR) is 62.3 cm³/mol. The molecule has 14 heavy (non-hydrogen) atoms. The van der Waals surface area contributed by atoms with Crippen LogP contribution in [0.2, 0.25) is 0 Å². The van der Waals surface area contributed by atoms with Gasteiger partial charge in [-0.25, -0.2) is 0 Å². The maximum Gasteiger partial charge on any atom is -0.00518 e. The van der Waals surface area contributed by atoms with Crippen molar-refractivity contribution in [2.45, 2.75) is 26.2 Å². The molecule has 0 aromatic heterocycles. The van der Waals surface area contributed by atoms with Gasteiger partial charge in [0.15, 0.2) is 0 Å². The Morgan fingerprint density at radius 3 is 2.93 bits per heavy atom. The number of nitrogens with one attached hydrogen (secondary N) is 1. The van der Waals surface area contributed by atoms with Gasteiger partial charge in [0, 0.05) is 0 Å². The molecule has 76 valence electrons. The van der Waals surface area contributed by atoms with Gasteiger partial charge in [-0.15, -0.1) is 5.73 Å². The lowest BCUT2D eigenvalue weighted by Crippen LogP contribution is -2.06. The molecule has 0 aliphatic heterocycles. The summed E-state index contributed by atoms with van der Waals surface area (Å²) in [5.74, 6) is 0. The number of hydrogen-bond donors (Lipinski definition) is 1. The first-order valence-electron chi connectivity index (χ1n) is 5.28. The van der Waals surface area contributed by atoms with Crippen LogP contribution in [0.5, 0.6) is 0 Å². The van der Waals surface area contributed by atoms with Crippen LogP contribution in [0.25, 0.3) is 0 Å². The second-order valence-electron chi connectivity index (χ2n) is 3.63. The van der Waals surface area contributed by atoms with E-state index < -0.39 is 0 Å². The van der Waals surface area contributed by atoms with Crippen molar-refractivity contribution in [2.75, 3.05) is 13.6 Å². The molecule has 0 aromatic carbocycles. The van der Waals surface area contributed by atoms with Crippen LogP contribution in [0.1, 0.15) is 26.2 Å². The number of hydrogen-bond acceptors (Lipinski definition) is 1. The average Bonchev–Trinajstić information content (AvgIpc) is 2.38. The highest BCUT2D eigenvalue weighted by molar-refractivity contribution is 5.33. The van der Waals surface area contributed by atoms with E-state index in [1.54, 1.807) is 0 Å². The highest BCUT2D eigenvalue weighted by Gasteiger charge is 1.94. The summed E-state index contributed by atoms with van der Waals surface area (Å²) in [5.41, 5.74) is 5.80. The van der Waals surface area contributed by atoms with Crippen molar-refractivity contribution in [1.82, 2.24) is 5.32 Å². The van der Waals surface area contributed by atoms with Crippen molar-refractivity contribution in [1.29, 1.82) is 0 Å². The average molecular weight is 189 g/mol. The summed E-state index contributed by atoms with van der Waals surface area (Å²) in [6, 6.07) is 0. The van der Waals surface area contributed by atoms with E-state index in [0.717, 1.165) is 6.54 Å². The molecule has 0 spiro atoms. The van der Waals surface area contributed by atoms with Gasteiger partial charge in [-0.2, -0.15) is 0 Å². The normalized spacial score (nSPS) is 15.0. The Morgan fingerprint density at radius 1 is 1.29 bits per heavy atom. The Bertz CT molecular complexity index is 288. The maximum absolute atomic E-state index is 3.19. The SMILES string of the molecule is CNCCCCC1=CC=C=C(C)C=C1. The standard InChI is InChI=1S/C13H19N/c1-12-6-5-8-13(10-9-12)7-3-4-11-14-2/h5,8-10,14H,3-4,7,11H2,1-2H3. The third kappa shape index (κ3) is 4.27. The van der Waals surface area contributed by atoms with Crippen LogP contribution in [-0.4, -0.2) is 13.6 Å². The summed E-state index contributed by atoms with van der Waals surface area (Å²) < 4.78 is 0. The van der Waals surface area contributed by atoms with Crippen LogP contribution in [0.4, 0.5) is 0 Å². The van der Waals surface area contributed by atoms with Crippen molar-refractivity contribution in [2.24, 2.45) is 0 Å². The van der Waals surface area contributed by atoms with Crippen molar-refractivity contribution in [3.05, 3.63) is 41.2 Å². The lowest BCUT2D eigenvalue weighted by atomic mass is 10.1. The number of unbranched alkanes of at least 4 members (excludes halogenated alkanes) is 1. The second-order valence-corrected chi connectivity index (χ2v) is 3.63. The van der Waals surface area contributed by atoms with Gasteiger partial charge in [-0.1, -0.05) is 18.2 Å². The Hall–Kier alpha value is -1.04. The molecule has 1 aliphatic carbocycles. The summed E-state index contributed by atoms with van der Waals surface area (Å²) in [6.07, 6.45) is 12.2. The Labute approximate surface area is 86.9 Å². The zero-order chi connectivity index (χ0) is 10.2. The van der Waals surface area contributed by atoms with E-state index in [-0.39, 0.29) is 0 Å². The lowest BCUT2D eigenvalue weighted by molar-refractivity contribution is 0.678. The van der Waals surface area contributed by atoms with E-state index in [1.165, 1.54) is 30.4 Å². The molecule has 0 fully saturated rings. The minimum atomic E-state index is 1.12. The largest absolute Gasteiger partial charge is 0.320 e. The molecular weight excluding hydrogens is 170 g/mol. The van der Waals surface area contributed by atoms with E-state index in [9.17, 15) is 0 Å². The molecule has 1 heteroatoms. The van der Waals surface area contributed by atoms with E-state index in [0.29, 0.717) is 0 Å². The van der Waals surface area contributed by atoms with Crippen molar-refractivity contribution in [3.8, 4) is 0 Å². The molecule has 0 amide bonds. The topological polar surface area (TPSA) is 12.0 Å². The summed E-state index contributed by atoms with van der Waals surface area (Å²) in [4.78, 5) is 0. The van der Waals surface area contributed by atoms with Gasteiger partial charge in [0.1, 0.15) is 0 Å². The van der Waals surface area contributed by atoms with E-state index in [4.69, 9.17) is 0 Å². The Morgan fingerprint density at radius 2 is 2.14 bits per heavy atom. The van der Waals surface area contributed by atoms with Gasteiger partial charge in [0.05, 0.1) is 0 Å². The Balaban J connectivity index is 2.31. The fraction of sp³-hybridized carbons (Fsp3) is 0.462. The molecular formula is C13H19N. The van der Waals surface area contributed by atoms with E-state index in [2.05, 4.69) is 36.2 Å². The summed E-state index contributed by atoms with van der Waals surface area (Å²) in [6.45, 7) is 3.19. The fourth-order valence-corrected chi connectivity index (χ4v) is 1.41. The zero-order valence-corrected chi connectivity index (χ0v) is 9.14. The van der Waals surface area contributed by atoms with Crippen LogP contribution >= 0.6 is 0 Å². The number of rotatable bonds is 5. The molecule has 0 bridgehead atoms. The van der Waals surface area contributed by atoms with Crippen LogP contribution in [0, 0.1) is 0 Å². The molecule has 0 heterocycles. The van der Waals surface area contributed by atoms with Gasteiger partial charge in [0.25, 0.3) is 0 Å². The van der Waals surface area contributed by atoms with Crippen LogP contribution in [0.15, 0.2) is 41.2 Å². The molecule has 0 saturated heterocycles. The number of allylic oxidation sites excluding steroid dienone is 5. The first-order valence-corrected chi connectivity index (χ1v) is 5.28. The van der Waals surface area contributed by atoms with Crippen molar-refractivity contribution >= 4 is 0 Å². The smallest absolute Gasteiger partial charge is 0.00518 e. The first-order chi connectivity index (χ1) is 6.83. The molecule has 0 saturated carbocycles. The van der Waals surface area contributed by atoms with Gasteiger partial charge < -0.3 is 5.32 Å². The monoisotopic (exact) mass is 189 g/mol. The Kier molecular flexibility index (Phi) is 5.06. The van der Waals surface area contributed by atoms with Crippen LogP contribution in [-0.2, 0) is 0 Å². The molecule has 0 radical (unpaired) electrons. The van der Waals surface area contributed by atoms with Gasteiger partial charge in [0.2, 0.25) is 0 Å². The molecule has 1 aliphatic rings. The fourth-order valence-electron chi connectivity index (χ4n) is 1.41. The highest BCUT2D eigenvalue weighted by Crippen LogP contribution is 2.12. The summed E-state index contributed by atoms with van der Waals surface area (Å²) >= 11 is 0. The van der Waals surface area contributed by atoms with Crippen LogP contribution < -0.4 is 5.32 Å². The maximum atomic E-state index is 3.19. The van der Waals surface area contributed by atoms with Gasteiger partial charge in [-0.3, -0.25) is 0 Å². The van der Waals surface area contributed by atoms with Gasteiger partial charge >= 0.3 is 0 Å². The molecule has 1 rings (SSSR count). The van der Waals surface area contributed by atoms with Crippen molar-refractivity contribution < 1.29 is 0 Å². The molecule has 0 unspecified atom stereocenters. The third-order valence-corrected chi connectivity index (χ3v) is 2.30. The second kappa shape index (κ2) is 6.42. The molecule has 0 aromatic rings. The quantitative estimate of drug-likeness (QED) is 0.518. The minimum Gasteiger partial charge on any atom is -0.320 e. The molecule has 0 atom stereocenters. The van der Waals surface area contributed by atoms with E-state index in [1.807, 2.05) is 13.1 Å². The van der Waals surface area contributed by atoms with Gasteiger partial charge in [-0.05, 0) is 57.0 Å². The molecule has 1 nitrogen and oxygen atoms in total. The highest BCUT2D eigenvalue weighted by atomic mass is 14.8. The third-order valence-electron chi connectivity index (χ3n) is 2.30. The van der Waals surface area contributed by atoms with E-state index >= 15 is 0 Å². The summed E-state index contributed by atoms with van der Waals surface area (Å²) in [7, 11) is 2.00. The predicted octanol–water partition coefficient (Wildman–Crippen LogP) is 2.97. The van der Waals surface area contributed by atoms with Crippen LogP contribution in [0.3, 0.4) is 0 Å². The first kappa shape index (κ1) is 11.0.